The molecule has 0 heterocycles. The lowest BCUT2D eigenvalue weighted by Gasteiger charge is -2.09. The van der Waals surface area contributed by atoms with Crippen molar-refractivity contribution in [2.24, 2.45) is 0 Å². The van der Waals surface area contributed by atoms with Gasteiger partial charge < -0.3 is 4.74 Å². The topological polar surface area (TPSA) is 9.23 Å². The van der Waals surface area contributed by atoms with Crippen LogP contribution >= 0.6 is 0 Å². The first-order valence-electron chi connectivity index (χ1n) is 4.57. The van der Waals surface area contributed by atoms with Crippen molar-refractivity contribution in [3.8, 4) is 5.75 Å². The van der Waals surface area contributed by atoms with Gasteiger partial charge in [-0.2, -0.15) is 0 Å². The van der Waals surface area contributed by atoms with Gasteiger partial charge in [0, 0.05) is 0 Å². The van der Waals surface area contributed by atoms with Gasteiger partial charge in [-0.15, -0.1) is 0 Å². The van der Waals surface area contributed by atoms with Gasteiger partial charge in [-0.05, 0) is 36.8 Å². The zero-order valence-electron chi connectivity index (χ0n) is 7.93. The first kappa shape index (κ1) is 8.54. The minimum atomic E-state index is -0.162. The van der Waals surface area contributed by atoms with Crippen LogP contribution in [0, 0.1) is 12.7 Å². The molecule has 0 bridgehead atoms. The highest BCUT2D eigenvalue weighted by atomic mass is 19.1. The third-order valence-electron chi connectivity index (χ3n) is 2.55. The Hall–Kier alpha value is -1.05. The molecule has 13 heavy (non-hydrogen) atoms. The molecule has 1 saturated carbocycles. The summed E-state index contributed by atoms with van der Waals surface area (Å²) in [7, 11) is 1.52. The van der Waals surface area contributed by atoms with Crippen molar-refractivity contribution in [3.05, 3.63) is 29.1 Å². The molecule has 0 spiro atoms. The van der Waals surface area contributed by atoms with Gasteiger partial charge >= 0.3 is 0 Å². The molecule has 1 aromatic carbocycles. The zero-order valence-corrected chi connectivity index (χ0v) is 7.93. The quantitative estimate of drug-likeness (QED) is 0.679. The van der Waals surface area contributed by atoms with E-state index in [0.29, 0.717) is 11.7 Å². The number of benzene rings is 1. The van der Waals surface area contributed by atoms with Crippen LogP contribution in [0.3, 0.4) is 0 Å². The highest BCUT2D eigenvalue weighted by molar-refractivity contribution is 5.41. The van der Waals surface area contributed by atoms with E-state index in [9.17, 15) is 4.39 Å². The molecule has 1 aliphatic rings. The number of hydrogen-bond donors (Lipinski definition) is 0. The molecule has 1 fully saturated rings. The number of aryl methyl sites for hydroxylation is 1. The van der Waals surface area contributed by atoms with Gasteiger partial charge in [0.2, 0.25) is 0 Å². The lowest BCUT2D eigenvalue weighted by atomic mass is 10.1. The predicted octanol–water partition coefficient (Wildman–Crippen LogP) is 3.02. The molecule has 0 atom stereocenters. The van der Waals surface area contributed by atoms with Gasteiger partial charge in [0.25, 0.3) is 0 Å². The Morgan fingerprint density at radius 1 is 1.38 bits per heavy atom. The molecule has 2 rings (SSSR count). The molecule has 1 aromatic rings. The lowest BCUT2D eigenvalue weighted by molar-refractivity contribution is 0.381. The molecule has 70 valence electrons. The Balaban J connectivity index is 2.47. The van der Waals surface area contributed by atoms with E-state index in [1.807, 2.05) is 19.1 Å². The van der Waals surface area contributed by atoms with E-state index >= 15 is 0 Å². The van der Waals surface area contributed by atoms with Crippen molar-refractivity contribution in [2.45, 2.75) is 25.7 Å². The molecule has 0 aromatic heterocycles. The van der Waals surface area contributed by atoms with Crippen LogP contribution in [-0.2, 0) is 0 Å². The largest absolute Gasteiger partial charge is 0.493 e. The van der Waals surface area contributed by atoms with Crippen LogP contribution in [0.4, 0.5) is 4.39 Å². The number of methoxy groups -OCH3 is 1. The molecule has 0 amide bonds. The average Bonchev–Trinajstić information content (AvgIpc) is 2.88. The number of halogens is 1. The third-order valence-corrected chi connectivity index (χ3v) is 2.55. The minimum absolute atomic E-state index is 0.162. The van der Waals surface area contributed by atoms with Crippen molar-refractivity contribution in [1.29, 1.82) is 0 Å². The smallest absolute Gasteiger partial charge is 0.168 e. The molecule has 0 saturated heterocycles. The first-order valence-corrected chi connectivity index (χ1v) is 4.57. The summed E-state index contributed by atoms with van der Waals surface area (Å²) in [5.74, 6) is 0.684. The summed E-state index contributed by atoms with van der Waals surface area (Å²) < 4.78 is 18.7. The predicted molar refractivity (Wildman–Crippen MR) is 49.7 cm³/mol. The number of rotatable bonds is 2. The van der Waals surface area contributed by atoms with E-state index in [1.54, 1.807) is 0 Å². The van der Waals surface area contributed by atoms with Crippen LogP contribution < -0.4 is 4.74 Å². The van der Waals surface area contributed by atoms with Gasteiger partial charge in [-0.1, -0.05) is 12.1 Å². The van der Waals surface area contributed by atoms with Crippen LogP contribution in [0.25, 0.3) is 0 Å². The molecule has 0 unspecified atom stereocenters. The second-order valence-corrected chi connectivity index (χ2v) is 3.59. The first-order chi connectivity index (χ1) is 6.24. The van der Waals surface area contributed by atoms with Crippen LogP contribution in [0.1, 0.15) is 29.9 Å². The standard InChI is InChI=1S/C11H13FO/c1-7-3-6-9(8-4-5-8)10(12)11(7)13-2/h3,6,8H,4-5H2,1-2H3. The van der Waals surface area contributed by atoms with E-state index < -0.39 is 0 Å². The molecule has 1 nitrogen and oxygen atoms in total. The highest BCUT2D eigenvalue weighted by Gasteiger charge is 2.28. The van der Waals surface area contributed by atoms with Crippen LogP contribution in [0.2, 0.25) is 0 Å². The van der Waals surface area contributed by atoms with E-state index in [0.717, 1.165) is 24.0 Å². The maximum Gasteiger partial charge on any atom is 0.168 e. The van der Waals surface area contributed by atoms with Gasteiger partial charge in [-0.3, -0.25) is 0 Å². The molecular weight excluding hydrogens is 167 g/mol. The van der Waals surface area contributed by atoms with Crippen molar-refractivity contribution in [2.75, 3.05) is 7.11 Å². The number of ether oxygens (including phenoxy) is 1. The van der Waals surface area contributed by atoms with Gasteiger partial charge in [-0.25, -0.2) is 4.39 Å². The Bertz CT molecular complexity index is 329. The summed E-state index contributed by atoms with van der Waals surface area (Å²) >= 11 is 0. The fourth-order valence-corrected chi connectivity index (χ4v) is 1.63. The van der Waals surface area contributed by atoms with Gasteiger partial charge in [0.15, 0.2) is 11.6 Å². The van der Waals surface area contributed by atoms with Gasteiger partial charge in [0.1, 0.15) is 0 Å². The third kappa shape index (κ3) is 1.41. The summed E-state index contributed by atoms with van der Waals surface area (Å²) in [6, 6.07) is 3.81. The highest BCUT2D eigenvalue weighted by Crippen LogP contribution is 2.43. The normalized spacial score (nSPS) is 15.9. The van der Waals surface area contributed by atoms with E-state index in [1.165, 1.54) is 7.11 Å². The fourth-order valence-electron chi connectivity index (χ4n) is 1.63. The van der Waals surface area contributed by atoms with Crippen LogP contribution in [-0.4, -0.2) is 7.11 Å². The molecule has 1 aliphatic carbocycles. The molecule has 0 radical (unpaired) electrons. The van der Waals surface area contributed by atoms with E-state index in [-0.39, 0.29) is 5.82 Å². The van der Waals surface area contributed by atoms with Crippen molar-refractivity contribution >= 4 is 0 Å². The number of hydrogen-bond acceptors (Lipinski definition) is 1. The minimum Gasteiger partial charge on any atom is -0.493 e. The summed E-state index contributed by atoms with van der Waals surface area (Å²) in [5, 5.41) is 0. The van der Waals surface area contributed by atoms with Crippen molar-refractivity contribution in [3.63, 3.8) is 0 Å². The monoisotopic (exact) mass is 180 g/mol. The Morgan fingerprint density at radius 2 is 2.08 bits per heavy atom. The second-order valence-electron chi connectivity index (χ2n) is 3.59. The maximum absolute atomic E-state index is 13.7. The fraction of sp³-hybridized carbons (Fsp3) is 0.455. The van der Waals surface area contributed by atoms with E-state index in [2.05, 4.69) is 0 Å². The van der Waals surface area contributed by atoms with Crippen molar-refractivity contribution < 1.29 is 9.13 Å². The van der Waals surface area contributed by atoms with Crippen LogP contribution in [0.5, 0.6) is 5.75 Å². The van der Waals surface area contributed by atoms with E-state index in [4.69, 9.17) is 4.74 Å². The van der Waals surface area contributed by atoms with Crippen LogP contribution in [0.15, 0.2) is 12.1 Å². The molecule has 0 aliphatic heterocycles. The maximum atomic E-state index is 13.7. The molecule has 2 heteroatoms. The Kier molecular flexibility index (Phi) is 1.98. The lowest BCUT2D eigenvalue weighted by Crippen LogP contribution is -1.95. The Morgan fingerprint density at radius 3 is 2.62 bits per heavy atom. The summed E-state index contributed by atoms with van der Waals surface area (Å²) in [6.07, 6.45) is 2.23. The SMILES string of the molecule is COc1c(C)ccc(C2CC2)c1F. The zero-order chi connectivity index (χ0) is 9.42. The summed E-state index contributed by atoms with van der Waals surface area (Å²) in [5.41, 5.74) is 1.69. The second kappa shape index (κ2) is 3.02. The molecule has 0 N–H and O–H groups in total. The Labute approximate surface area is 77.5 Å². The summed E-state index contributed by atoms with van der Waals surface area (Å²) in [4.78, 5) is 0. The average molecular weight is 180 g/mol. The summed E-state index contributed by atoms with van der Waals surface area (Å²) in [6.45, 7) is 1.86. The van der Waals surface area contributed by atoms with Crippen molar-refractivity contribution in [1.82, 2.24) is 0 Å². The van der Waals surface area contributed by atoms with Gasteiger partial charge in [0.05, 0.1) is 7.11 Å². The molecular formula is C11H13FO.